The Hall–Kier alpha value is -1.75. The van der Waals surface area contributed by atoms with E-state index in [4.69, 9.17) is 33.0 Å². The molecule has 0 spiro atoms. The van der Waals surface area contributed by atoms with Crippen LogP contribution in [0, 0.1) is 0 Å². The monoisotopic (exact) mass is 406 g/mol. The molecule has 1 aromatic heterocycles. The number of aliphatic carboxylic acids is 1. The lowest BCUT2D eigenvalue weighted by atomic mass is 10.0. The van der Waals surface area contributed by atoms with Gasteiger partial charge in [-0.1, -0.05) is 29.3 Å². The summed E-state index contributed by atoms with van der Waals surface area (Å²) in [5, 5.41) is 13.4. The highest BCUT2D eigenvalue weighted by Gasteiger charge is 2.28. The van der Waals surface area contributed by atoms with E-state index in [1.165, 1.54) is 5.56 Å². The minimum Gasteiger partial charge on any atom is -0.489 e. The van der Waals surface area contributed by atoms with Crippen LogP contribution >= 0.6 is 34.5 Å². The molecular formula is C20H16Cl2O3S. The van der Waals surface area contributed by atoms with Crippen LogP contribution < -0.4 is 4.74 Å². The van der Waals surface area contributed by atoms with Crippen LogP contribution in [0.15, 0.2) is 35.7 Å². The maximum Gasteiger partial charge on any atom is 0.307 e. The Bertz CT molecular complexity index is 992. The van der Waals surface area contributed by atoms with Crippen molar-refractivity contribution in [3.05, 3.63) is 62.4 Å². The second-order valence-electron chi connectivity index (χ2n) is 6.52. The number of carboxylic acids is 1. The van der Waals surface area contributed by atoms with Gasteiger partial charge < -0.3 is 9.84 Å². The lowest BCUT2D eigenvalue weighted by Crippen LogP contribution is -2.00. The fourth-order valence-electron chi connectivity index (χ4n) is 3.13. The number of hydrogen-bond donors (Lipinski definition) is 1. The van der Waals surface area contributed by atoms with Crippen LogP contribution in [0.4, 0.5) is 0 Å². The lowest BCUT2D eigenvalue weighted by molar-refractivity contribution is -0.136. The van der Waals surface area contributed by atoms with E-state index in [-0.39, 0.29) is 6.42 Å². The van der Waals surface area contributed by atoms with Gasteiger partial charge in [0.25, 0.3) is 0 Å². The zero-order chi connectivity index (χ0) is 18.3. The molecule has 0 atom stereocenters. The van der Waals surface area contributed by atoms with E-state index in [2.05, 4.69) is 6.07 Å². The van der Waals surface area contributed by atoms with Crippen LogP contribution in [0.5, 0.6) is 5.75 Å². The molecule has 3 aromatic rings. The first-order valence-corrected chi connectivity index (χ1v) is 9.97. The normalized spacial score (nSPS) is 13.9. The van der Waals surface area contributed by atoms with Gasteiger partial charge in [0.05, 0.1) is 6.42 Å². The summed E-state index contributed by atoms with van der Waals surface area (Å²) >= 11 is 13.7. The molecule has 1 N–H and O–H groups in total. The van der Waals surface area contributed by atoms with E-state index in [1.54, 1.807) is 23.5 Å². The van der Waals surface area contributed by atoms with E-state index in [9.17, 15) is 4.79 Å². The van der Waals surface area contributed by atoms with Crippen molar-refractivity contribution >= 4 is 50.6 Å². The van der Waals surface area contributed by atoms with Crippen LogP contribution in [0.25, 0.3) is 10.1 Å². The molecule has 1 fully saturated rings. The minimum absolute atomic E-state index is 0.0559. The number of ether oxygens (including phenoxy) is 1. The van der Waals surface area contributed by atoms with Crippen molar-refractivity contribution in [2.24, 2.45) is 0 Å². The molecule has 0 bridgehead atoms. The van der Waals surface area contributed by atoms with Gasteiger partial charge in [0.2, 0.25) is 0 Å². The highest BCUT2D eigenvalue weighted by atomic mass is 35.5. The molecule has 134 valence electrons. The van der Waals surface area contributed by atoms with E-state index >= 15 is 0 Å². The fourth-order valence-corrected chi connectivity index (χ4v) is 4.62. The Morgan fingerprint density at radius 2 is 2.00 bits per heavy atom. The van der Waals surface area contributed by atoms with Crippen LogP contribution in [-0.4, -0.2) is 11.1 Å². The van der Waals surface area contributed by atoms with Crippen molar-refractivity contribution in [3.8, 4) is 5.75 Å². The summed E-state index contributed by atoms with van der Waals surface area (Å²) < 4.78 is 7.06. The van der Waals surface area contributed by atoms with Crippen molar-refractivity contribution in [1.82, 2.24) is 0 Å². The third-order valence-electron chi connectivity index (χ3n) is 4.52. The summed E-state index contributed by atoms with van der Waals surface area (Å²) in [7, 11) is 0. The average molecular weight is 407 g/mol. The summed E-state index contributed by atoms with van der Waals surface area (Å²) in [6, 6.07) is 9.41. The SMILES string of the molecule is O=C(O)Cc1csc2cc(OCc3ccc(Cl)cc3Cl)cc(C3CC3)c12. The Labute approximate surface area is 165 Å². The van der Waals surface area contributed by atoms with E-state index in [1.807, 2.05) is 17.5 Å². The molecule has 1 aliphatic carbocycles. The lowest BCUT2D eigenvalue weighted by Gasteiger charge is -2.11. The molecular weight excluding hydrogens is 391 g/mol. The molecule has 1 heterocycles. The van der Waals surface area contributed by atoms with Crippen LogP contribution in [0.3, 0.4) is 0 Å². The standard InChI is InChI=1S/C20H16Cl2O3S/c21-14-4-3-12(17(22)6-14)9-25-15-7-16(11-1-2-11)20-13(5-19(23)24)10-26-18(20)8-15/h3-4,6-8,10-11H,1-2,5,9H2,(H,23,24). The number of hydrogen-bond acceptors (Lipinski definition) is 3. The number of thiophene rings is 1. The molecule has 1 aliphatic rings. The summed E-state index contributed by atoms with van der Waals surface area (Å²) in [6.45, 7) is 0.360. The highest BCUT2D eigenvalue weighted by Crippen LogP contribution is 2.47. The first-order chi connectivity index (χ1) is 12.5. The molecule has 0 unspecified atom stereocenters. The zero-order valence-electron chi connectivity index (χ0n) is 13.8. The first-order valence-electron chi connectivity index (χ1n) is 8.34. The number of fused-ring (bicyclic) bond motifs is 1. The molecule has 0 radical (unpaired) electrons. The maximum absolute atomic E-state index is 11.1. The topological polar surface area (TPSA) is 46.5 Å². The van der Waals surface area contributed by atoms with Gasteiger partial charge >= 0.3 is 5.97 Å². The molecule has 3 nitrogen and oxygen atoms in total. The third kappa shape index (κ3) is 3.68. The van der Waals surface area contributed by atoms with Gasteiger partial charge in [-0.2, -0.15) is 0 Å². The molecule has 0 aliphatic heterocycles. The summed E-state index contributed by atoms with van der Waals surface area (Å²) in [6.07, 6.45) is 2.34. The average Bonchev–Trinajstić information content (AvgIpc) is 3.36. The smallest absolute Gasteiger partial charge is 0.307 e. The predicted molar refractivity (Wildman–Crippen MR) is 106 cm³/mol. The second kappa shape index (κ2) is 7.10. The second-order valence-corrected chi connectivity index (χ2v) is 8.27. The molecule has 26 heavy (non-hydrogen) atoms. The van der Waals surface area contributed by atoms with Gasteiger partial charge in [-0.05, 0) is 64.9 Å². The molecule has 0 amide bonds. The Morgan fingerprint density at radius 3 is 2.69 bits per heavy atom. The molecule has 0 saturated heterocycles. The molecule has 6 heteroatoms. The fraction of sp³-hybridized carbons (Fsp3) is 0.250. The van der Waals surface area contributed by atoms with Crippen molar-refractivity contribution in [2.45, 2.75) is 31.8 Å². The van der Waals surface area contributed by atoms with Gasteiger partial charge in [-0.3, -0.25) is 4.79 Å². The van der Waals surface area contributed by atoms with Crippen molar-refractivity contribution < 1.29 is 14.6 Å². The summed E-state index contributed by atoms with van der Waals surface area (Å²) in [4.78, 5) is 11.1. The predicted octanol–water partition coefficient (Wildman–Crippen LogP) is 6.29. The van der Waals surface area contributed by atoms with E-state index in [0.29, 0.717) is 22.6 Å². The number of halogens is 2. The van der Waals surface area contributed by atoms with Gasteiger partial charge in [0.1, 0.15) is 12.4 Å². The van der Waals surface area contributed by atoms with Gasteiger partial charge in [0, 0.05) is 20.3 Å². The van der Waals surface area contributed by atoms with E-state index < -0.39 is 5.97 Å². The molecule has 4 rings (SSSR count). The van der Waals surface area contributed by atoms with Crippen molar-refractivity contribution in [1.29, 1.82) is 0 Å². The van der Waals surface area contributed by atoms with Gasteiger partial charge in [-0.15, -0.1) is 11.3 Å². The third-order valence-corrected chi connectivity index (χ3v) is 6.09. The highest BCUT2D eigenvalue weighted by molar-refractivity contribution is 7.17. The number of carbonyl (C=O) groups is 1. The minimum atomic E-state index is -0.802. The number of carboxylic acid groups (broad SMARTS) is 1. The Balaban J connectivity index is 1.65. The molecule has 2 aromatic carbocycles. The van der Waals surface area contributed by atoms with Gasteiger partial charge in [-0.25, -0.2) is 0 Å². The largest absolute Gasteiger partial charge is 0.489 e. The first kappa shape index (κ1) is 17.7. The summed E-state index contributed by atoms with van der Waals surface area (Å²) in [5.74, 6) is 0.487. The Kier molecular flexibility index (Phi) is 4.82. The van der Waals surface area contributed by atoms with Crippen LogP contribution in [-0.2, 0) is 17.8 Å². The zero-order valence-corrected chi connectivity index (χ0v) is 16.1. The quantitative estimate of drug-likeness (QED) is 0.522. The van der Waals surface area contributed by atoms with Crippen LogP contribution in [0.1, 0.15) is 35.4 Å². The van der Waals surface area contributed by atoms with Crippen molar-refractivity contribution in [3.63, 3.8) is 0 Å². The van der Waals surface area contributed by atoms with E-state index in [0.717, 1.165) is 39.8 Å². The van der Waals surface area contributed by atoms with Gasteiger partial charge in [0.15, 0.2) is 0 Å². The van der Waals surface area contributed by atoms with Crippen molar-refractivity contribution in [2.75, 3.05) is 0 Å². The number of rotatable bonds is 6. The van der Waals surface area contributed by atoms with Crippen LogP contribution in [0.2, 0.25) is 10.0 Å². The summed E-state index contributed by atoms with van der Waals surface area (Å²) in [5.41, 5.74) is 2.98. The maximum atomic E-state index is 11.1. The number of benzene rings is 2. The molecule has 1 saturated carbocycles. The Morgan fingerprint density at radius 1 is 1.19 bits per heavy atom.